The third kappa shape index (κ3) is 5.39. The SMILES string of the molecule is Cc1nc(-n2nc(C(C)(C)C)[nH]c2=O)ccc1Oc1ccnc(-c2ccnc(N3CCN(C)CC3)c2)c1. The number of H-pyrrole nitrogens is 1. The van der Waals surface area contributed by atoms with Crippen molar-refractivity contribution < 1.29 is 4.74 Å². The molecule has 10 heteroatoms. The second-order valence-electron chi connectivity index (χ2n) is 10.4. The van der Waals surface area contributed by atoms with Crippen LogP contribution in [0.4, 0.5) is 5.82 Å². The van der Waals surface area contributed by atoms with Crippen LogP contribution < -0.4 is 15.3 Å². The van der Waals surface area contributed by atoms with Crippen molar-refractivity contribution in [2.24, 2.45) is 0 Å². The van der Waals surface area contributed by atoms with E-state index in [1.807, 2.05) is 52.1 Å². The predicted molar refractivity (Wildman–Crippen MR) is 143 cm³/mol. The highest BCUT2D eigenvalue weighted by atomic mass is 16.5. The Hall–Kier alpha value is -4.05. The summed E-state index contributed by atoms with van der Waals surface area (Å²) in [4.78, 5) is 33.6. The van der Waals surface area contributed by atoms with E-state index in [0.717, 1.165) is 43.3 Å². The molecule has 0 aliphatic carbocycles. The highest BCUT2D eigenvalue weighted by Gasteiger charge is 2.21. The molecule has 0 saturated carbocycles. The van der Waals surface area contributed by atoms with Gasteiger partial charge in [0.05, 0.1) is 11.4 Å². The molecular weight excluding hydrogens is 468 g/mol. The van der Waals surface area contributed by atoms with Gasteiger partial charge in [-0.15, -0.1) is 5.10 Å². The average molecular weight is 501 g/mol. The van der Waals surface area contributed by atoms with E-state index in [1.54, 1.807) is 18.3 Å². The first-order valence-corrected chi connectivity index (χ1v) is 12.4. The molecule has 10 nitrogen and oxygen atoms in total. The number of piperazine rings is 1. The van der Waals surface area contributed by atoms with Gasteiger partial charge in [-0.2, -0.15) is 4.68 Å². The van der Waals surface area contributed by atoms with Crippen LogP contribution in [0.15, 0.2) is 53.6 Å². The van der Waals surface area contributed by atoms with Gasteiger partial charge in [0.1, 0.15) is 23.1 Å². The van der Waals surface area contributed by atoms with Crippen molar-refractivity contribution in [1.82, 2.24) is 34.6 Å². The third-order valence-electron chi connectivity index (χ3n) is 6.40. The second kappa shape index (κ2) is 9.78. The van der Waals surface area contributed by atoms with Gasteiger partial charge >= 0.3 is 5.69 Å². The smallest absolute Gasteiger partial charge is 0.349 e. The summed E-state index contributed by atoms with van der Waals surface area (Å²) in [5.41, 5.74) is 1.83. The highest BCUT2D eigenvalue weighted by Crippen LogP contribution is 2.29. The van der Waals surface area contributed by atoms with Crippen molar-refractivity contribution in [3.63, 3.8) is 0 Å². The lowest BCUT2D eigenvalue weighted by molar-refractivity contribution is 0.312. The van der Waals surface area contributed by atoms with Crippen molar-refractivity contribution in [2.75, 3.05) is 38.1 Å². The summed E-state index contributed by atoms with van der Waals surface area (Å²) in [6, 6.07) is 11.3. The molecule has 0 bridgehead atoms. The zero-order valence-electron chi connectivity index (χ0n) is 21.9. The fourth-order valence-electron chi connectivity index (χ4n) is 4.12. The number of ether oxygens (including phenoxy) is 1. The second-order valence-corrected chi connectivity index (χ2v) is 10.4. The number of pyridine rings is 3. The molecule has 0 radical (unpaired) electrons. The first-order valence-electron chi connectivity index (χ1n) is 12.4. The first kappa shape index (κ1) is 24.6. The molecule has 192 valence electrons. The lowest BCUT2D eigenvalue weighted by Crippen LogP contribution is -2.44. The van der Waals surface area contributed by atoms with E-state index < -0.39 is 0 Å². The molecule has 1 fully saturated rings. The molecule has 4 aromatic heterocycles. The number of hydrogen-bond acceptors (Lipinski definition) is 8. The zero-order chi connectivity index (χ0) is 26.2. The Balaban J connectivity index is 1.36. The Bertz CT molecular complexity index is 1460. The summed E-state index contributed by atoms with van der Waals surface area (Å²) < 4.78 is 7.44. The number of aryl methyl sites for hydroxylation is 1. The number of rotatable bonds is 5. The van der Waals surface area contributed by atoms with Gasteiger partial charge in [-0.3, -0.25) is 9.97 Å². The van der Waals surface area contributed by atoms with Crippen LogP contribution in [0.5, 0.6) is 11.5 Å². The topological polar surface area (TPSA) is 105 Å². The summed E-state index contributed by atoms with van der Waals surface area (Å²) in [5.74, 6) is 3.23. The van der Waals surface area contributed by atoms with Gasteiger partial charge in [-0.25, -0.2) is 14.8 Å². The number of likely N-dealkylation sites (N-methyl/N-ethyl adjacent to an activating group) is 1. The van der Waals surface area contributed by atoms with Crippen molar-refractivity contribution >= 4 is 5.82 Å². The van der Waals surface area contributed by atoms with Gasteiger partial charge in [0.2, 0.25) is 0 Å². The highest BCUT2D eigenvalue weighted by molar-refractivity contribution is 5.64. The molecule has 37 heavy (non-hydrogen) atoms. The molecule has 1 aliphatic rings. The number of nitrogens with one attached hydrogen (secondary N) is 1. The van der Waals surface area contributed by atoms with E-state index in [9.17, 15) is 4.79 Å². The Morgan fingerprint density at radius 2 is 1.70 bits per heavy atom. The number of anilines is 1. The van der Waals surface area contributed by atoms with Crippen LogP contribution in [0.3, 0.4) is 0 Å². The van der Waals surface area contributed by atoms with Gasteiger partial charge in [0.15, 0.2) is 5.82 Å². The van der Waals surface area contributed by atoms with E-state index in [2.05, 4.69) is 47.9 Å². The minimum atomic E-state index is -0.322. The summed E-state index contributed by atoms with van der Waals surface area (Å²) in [6.45, 7) is 11.8. The minimum absolute atomic E-state index is 0.276. The summed E-state index contributed by atoms with van der Waals surface area (Å²) >= 11 is 0. The fourth-order valence-corrected chi connectivity index (χ4v) is 4.12. The van der Waals surface area contributed by atoms with E-state index in [1.165, 1.54) is 4.68 Å². The predicted octanol–water partition coefficient (Wildman–Crippen LogP) is 3.56. The molecule has 1 aliphatic heterocycles. The van der Waals surface area contributed by atoms with E-state index >= 15 is 0 Å². The summed E-state index contributed by atoms with van der Waals surface area (Å²) in [6.07, 6.45) is 3.56. The molecule has 0 spiro atoms. The Labute approximate surface area is 216 Å². The van der Waals surface area contributed by atoms with Crippen molar-refractivity contribution in [2.45, 2.75) is 33.1 Å². The van der Waals surface area contributed by atoms with Crippen LogP contribution >= 0.6 is 0 Å². The molecule has 1 N–H and O–H groups in total. The van der Waals surface area contributed by atoms with Crippen LogP contribution in [0.2, 0.25) is 0 Å². The van der Waals surface area contributed by atoms with E-state index in [-0.39, 0.29) is 11.1 Å². The van der Waals surface area contributed by atoms with Gasteiger partial charge in [-0.1, -0.05) is 20.8 Å². The minimum Gasteiger partial charge on any atom is -0.455 e. The van der Waals surface area contributed by atoms with Gasteiger partial charge in [0.25, 0.3) is 0 Å². The van der Waals surface area contributed by atoms with Crippen molar-refractivity contribution in [3.05, 3.63) is 70.8 Å². The largest absolute Gasteiger partial charge is 0.455 e. The summed E-state index contributed by atoms with van der Waals surface area (Å²) in [7, 11) is 2.14. The average Bonchev–Trinajstić information content (AvgIpc) is 3.28. The van der Waals surface area contributed by atoms with Gasteiger partial charge < -0.3 is 14.5 Å². The molecule has 0 unspecified atom stereocenters. The Morgan fingerprint density at radius 1 is 0.946 bits per heavy atom. The van der Waals surface area contributed by atoms with Crippen LogP contribution in [0.1, 0.15) is 32.3 Å². The van der Waals surface area contributed by atoms with Crippen molar-refractivity contribution in [3.8, 4) is 28.6 Å². The first-order chi connectivity index (χ1) is 17.7. The Morgan fingerprint density at radius 3 is 2.41 bits per heavy atom. The third-order valence-corrected chi connectivity index (χ3v) is 6.40. The maximum atomic E-state index is 12.4. The normalized spacial score (nSPS) is 14.7. The number of nitrogens with zero attached hydrogens (tertiary/aromatic N) is 7. The number of aromatic amines is 1. The van der Waals surface area contributed by atoms with Crippen molar-refractivity contribution in [1.29, 1.82) is 0 Å². The number of aromatic nitrogens is 6. The maximum Gasteiger partial charge on any atom is 0.349 e. The molecule has 1 saturated heterocycles. The lowest BCUT2D eigenvalue weighted by atomic mass is 9.96. The van der Waals surface area contributed by atoms with Crippen LogP contribution in [0, 0.1) is 6.92 Å². The van der Waals surface area contributed by atoms with Crippen LogP contribution in [-0.4, -0.2) is 67.8 Å². The fraction of sp³-hybridized carbons (Fsp3) is 0.370. The zero-order valence-corrected chi connectivity index (χ0v) is 21.9. The van der Waals surface area contributed by atoms with Crippen LogP contribution in [-0.2, 0) is 5.41 Å². The molecule has 5 rings (SSSR count). The van der Waals surface area contributed by atoms with E-state index in [4.69, 9.17) is 4.74 Å². The molecular formula is C27H32N8O2. The molecule has 4 aromatic rings. The maximum absolute atomic E-state index is 12.4. The van der Waals surface area contributed by atoms with Gasteiger partial charge in [0, 0.05) is 55.6 Å². The monoisotopic (exact) mass is 500 g/mol. The van der Waals surface area contributed by atoms with E-state index in [0.29, 0.717) is 28.8 Å². The van der Waals surface area contributed by atoms with Gasteiger partial charge in [-0.05, 0) is 44.3 Å². The lowest BCUT2D eigenvalue weighted by Gasteiger charge is -2.33. The molecule has 0 aromatic carbocycles. The quantitative estimate of drug-likeness (QED) is 0.444. The standard InChI is InChI=1S/C27H32N8O2/c1-18-22(6-7-23(30-18)35-26(36)31-25(32-35)27(2,3)4)37-20-9-11-28-21(17-20)19-8-10-29-24(16-19)34-14-12-33(5)13-15-34/h6-11,16-17H,12-15H2,1-5H3,(H,31,32,36). The molecule has 0 amide bonds. The molecule has 0 atom stereocenters. The molecule has 5 heterocycles. The number of hydrogen-bond donors (Lipinski definition) is 1. The van der Waals surface area contributed by atoms with Crippen LogP contribution in [0.25, 0.3) is 17.1 Å². The summed E-state index contributed by atoms with van der Waals surface area (Å²) in [5, 5.41) is 4.42. The Kier molecular flexibility index (Phi) is 6.51.